The summed E-state index contributed by atoms with van der Waals surface area (Å²) in [6.45, 7) is 0.700. The number of nitrogens with one attached hydrogen (secondary N) is 1. The topological polar surface area (TPSA) is 55.9 Å². The molecular weight excluding hydrogens is 216 g/mol. The highest BCUT2D eigenvalue weighted by molar-refractivity contribution is 5.87. The molecule has 0 bridgehead atoms. The van der Waals surface area contributed by atoms with Crippen molar-refractivity contribution >= 4 is 16.8 Å². The Bertz CT molecular complexity index is 641. The van der Waals surface area contributed by atoms with Crippen LogP contribution in [-0.2, 0) is 13.6 Å². The number of rotatable bonds is 3. The summed E-state index contributed by atoms with van der Waals surface area (Å²) in [5.74, 6) is 0.833. The normalized spacial score (nSPS) is 10.9. The summed E-state index contributed by atoms with van der Waals surface area (Å²) in [6.07, 6.45) is 7.21. The molecule has 0 amide bonds. The predicted octanol–water partition coefficient (Wildman–Crippen LogP) is 2.17. The number of pyridine rings is 1. The summed E-state index contributed by atoms with van der Waals surface area (Å²) in [4.78, 5) is 4.30. The second kappa shape index (κ2) is 3.93. The van der Waals surface area contributed by atoms with Crippen LogP contribution in [0.4, 0.5) is 5.82 Å². The fraction of sp³-hybridized carbons (Fsp3) is 0.167. The first-order valence-electron chi connectivity index (χ1n) is 5.36. The monoisotopic (exact) mass is 228 g/mol. The molecular formula is C12H12N4O. The van der Waals surface area contributed by atoms with Gasteiger partial charge in [0.15, 0.2) is 0 Å². The van der Waals surface area contributed by atoms with Gasteiger partial charge in [-0.3, -0.25) is 4.68 Å². The molecule has 3 aromatic rings. The Kier molecular flexibility index (Phi) is 2.29. The Balaban J connectivity index is 1.83. The Hall–Kier alpha value is -2.30. The van der Waals surface area contributed by atoms with Gasteiger partial charge in [-0.15, -0.1) is 0 Å². The van der Waals surface area contributed by atoms with E-state index in [-0.39, 0.29) is 0 Å². The van der Waals surface area contributed by atoms with Gasteiger partial charge in [0, 0.05) is 31.5 Å². The van der Waals surface area contributed by atoms with Gasteiger partial charge in [0.05, 0.1) is 17.8 Å². The minimum absolute atomic E-state index is 0.700. The first-order valence-corrected chi connectivity index (χ1v) is 5.36. The number of aryl methyl sites for hydroxylation is 1. The number of hydrogen-bond acceptors (Lipinski definition) is 4. The van der Waals surface area contributed by atoms with Crippen molar-refractivity contribution in [2.24, 2.45) is 7.05 Å². The van der Waals surface area contributed by atoms with Crippen molar-refractivity contribution in [3.63, 3.8) is 0 Å². The molecule has 0 atom stereocenters. The van der Waals surface area contributed by atoms with Gasteiger partial charge in [-0.2, -0.15) is 5.10 Å². The summed E-state index contributed by atoms with van der Waals surface area (Å²) in [6, 6.07) is 3.76. The van der Waals surface area contributed by atoms with Gasteiger partial charge in [0.2, 0.25) is 0 Å². The number of anilines is 1. The lowest BCUT2D eigenvalue weighted by atomic mass is 10.3. The zero-order chi connectivity index (χ0) is 11.7. The van der Waals surface area contributed by atoms with Gasteiger partial charge in [-0.1, -0.05) is 0 Å². The third kappa shape index (κ3) is 1.87. The molecule has 0 aliphatic heterocycles. The van der Waals surface area contributed by atoms with Crippen LogP contribution in [-0.4, -0.2) is 14.8 Å². The molecule has 0 unspecified atom stereocenters. The Morgan fingerprint density at radius 2 is 2.35 bits per heavy atom. The van der Waals surface area contributed by atoms with Crippen molar-refractivity contribution in [3.05, 3.63) is 42.5 Å². The van der Waals surface area contributed by atoms with Gasteiger partial charge in [0.1, 0.15) is 11.4 Å². The minimum Gasteiger partial charge on any atom is -0.464 e. The van der Waals surface area contributed by atoms with E-state index in [1.165, 1.54) is 0 Å². The van der Waals surface area contributed by atoms with E-state index in [4.69, 9.17) is 4.42 Å². The van der Waals surface area contributed by atoms with Crippen molar-refractivity contribution in [2.75, 3.05) is 5.32 Å². The second-order valence-corrected chi connectivity index (χ2v) is 3.87. The Labute approximate surface area is 98.1 Å². The lowest BCUT2D eigenvalue weighted by molar-refractivity contribution is 0.615. The van der Waals surface area contributed by atoms with Crippen LogP contribution >= 0.6 is 0 Å². The molecule has 3 aromatic heterocycles. The van der Waals surface area contributed by atoms with Crippen LogP contribution in [0.2, 0.25) is 0 Å². The summed E-state index contributed by atoms with van der Waals surface area (Å²) in [7, 11) is 1.90. The molecule has 3 rings (SSSR count). The van der Waals surface area contributed by atoms with Crippen LogP contribution in [0.3, 0.4) is 0 Å². The Morgan fingerprint density at radius 1 is 1.41 bits per heavy atom. The first kappa shape index (κ1) is 9.89. The smallest absolute Gasteiger partial charge is 0.139 e. The van der Waals surface area contributed by atoms with Gasteiger partial charge < -0.3 is 9.73 Å². The van der Waals surface area contributed by atoms with E-state index in [1.54, 1.807) is 17.1 Å². The molecule has 0 aliphatic rings. The van der Waals surface area contributed by atoms with Gasteiger partial charge in [-0.25, -0.2) is 4.98 Å². The quantitative estimate of drug-likeness (QED) is 0.746. The second-order valence-electron chi connectivity index (χ2n) is 3.87. The molecule has 0 spiro atoms. The molecule has 5 nitrogen and oxygen atoms in total. The van der Waals surface area contributed by atoms with E-state index in [9.17, 15) is 0 Å². The molecule has 0 aliphatic carbocycles. The summed E-state index contributed by atoms with van der Waals surface area (Å²) in [5.41, 5.74) is 1.96. The average molecular weight is 228 g/mol. The molecule has 86 valence electrons. The first-order chi connectivity index (χ1) is 8.33. The lowest BCUT2D eigenvalue weighted by Gasteiger charge is -2.04. The molecule has 1 N–H and O–H groups in total. The van der Waals surface area contributed by atoms with E-state index in [1.807, 2.05) is 31.6 Å². The number of furan rings is 1. The number of nitrogens with zero attached hydrogens (tertiary/aromatic N) is 3. The fourth-order valence-electron chi connectivity index (χ4n) is 1.78. The molecule has 0 saturated carbocycles. The minimum atomic E-state index is 0.700. The van der Waals surface area contributed by atoms with Crippen LogP contribution in [0.1, 0.15) is 5.56 Å². The maximum atomic E-state index is 5.32. The van der Waals surface area contributed by atoms with Gasteiger partial charge in [0.25, 0.3) is 0 Å². The van der Waals surface area contributed by atoms with Gasteiger partial charge >= 0.3 is 0 Å². The molecule has 0 saturated heterocycles. The van der Waals surface area contributed by atoms with Crippen LogP contribution < -0.4 is 5.32 Å². The van der Waals surface area contributed by atoms with Crippen molar-refractivity contribution in [3.8, 4) is 0 Å². The van der Waals surface area contributed by atoms with Crippen molar-refractivity contribution in [1.82, 2.24) is 14.8 Å². The van der Waals surface area contributed by atoms with E-state index in [0.29, 0.717) is 6.54 Å². The fourth-order valence-corrected chi connectivity index (χ4v) is 1.78. The average Bonchev–Trinajstić information content (AvgIpc) is 2.94. The molecule has 3 heterocycles. The third-order valence-electron chi connectivity index (χ3n) is 2.60. The standard InChI is InChI=1S/C12H12N4O/c1-16-8-9(7-15-16)6-14-12-10-3-5-17-11(10)2-4-13-12/h2-5,7-8H,6H2,1H3,(H,13,14). The maximum Gasteiger partial charge on any atom is 0.139 e. The zero-order valence-electron chi connectivity index (χ0n) is 9.42. The highest BCUT2D eigenvalue weighted by Gasteiger charge is 2.04. The summed E-state index contributed by atoms with van der Waals surface area (Å²) in [5, 5.41) is 8.39. The molecule has 17 heavy (non-hydrogen) atoms. The molecule has 0 aromatic carbocycles. The lowest BCUT2D eigenvalue weighted by Crippen LogP contribution is -2.00. The maximum absolute atomic E-state index is 5.32. The zero-order valence-corrected chi connectivity index (χ0v) is 9.42. The highest BCUT2D eigenvalue weighted by atomic mass is 16.3. The predicted molar refractivity (Wildman–Crippen MR) is 64.5 cm³/mol. The van der Waals surface area contributed by atoms with E-state index in [2.05, 4.69) is 15.4 Å². The Morgan fingerprint density at radius 3 is 3.18 bits per heavy atom. The molecule has 0 radical (unpaired) electrons. The number of aromatic nitrogens is 3. The van der Waals surface area contributed by atoms with Crippen LogP contribution in [0.25, 0.3) is 11.0 Å². The van der Waals surface area contributed by atoms with Crippen molar-refractivity contribution in [2.45, 2.75) is 6.54 Å². The summed E-state index contributed by atoms with van der Waals surface area (Å²) < 4.78 is 7.10. The third-order valence-corrected chi connectivity index (χ3v) is 2.60. The summed E-state index contributed by atoms with van der Waals surface area (Å²) >= 11 is 0. The largest absolute Gasteiger partial charge is 0.464 e. The highest BCUT2D eigenvalue weighted by Crippen LogP contribution is 2.21. The molecule has 5 heteroatoms. The molecule has 0 fully saturated rings. The van der Waals surface area contributed by atoms with E-state index >= 15 is 0 Å². The van der Waals surface area contributed by atoms with Crippen LogP contribution in [0.5, 0.6) is 0 Å². The van der Waals surface area contributed by atoms with Crippen LogP contribution in [0, 0.1) is 0 Å². The van der Waals surface area contributed by atoms with E-state index < -0.39 is 0 Å². The van der Waals surface area contributed by atoms with Crippen molar-refractivity contribution < 1.29 is 4.42 Å². The van der Waals surface area contributed by atoms with Gasteiger partial charge in [-0.05, 0) is 12.1 Å². The van der Waals surface area contributed by atoms with Crippen molar-refractivity contribution in [1.29, 1.82) is 0 Å². The van der Waals surface area contributed by atoms with Crippen LogP contribution in [0.15, 0.2) is 41.4 Å². The van der Waals surface area contributed by atoms with E-state index in [0.717, 1.165) is 22.4 Å². The SMILES string of the molecule is Cn1cc(CNc2nccc3occc23)cn1. The number of hydrogen-bond donors (Lipinski definition) is 1. The number of fused-ring (bicyclic) bond motifs is 1.